The van der Waals surface area contributed by atoms with E-state index in [0.717, 1.165) is 6.42 Å². The van der Waals surface area contributed by atoms with E-state index in [1.807, 2.05) is 0 Å². The molecular formula is C13H17N. The van der Waals surface area contributed by atoms with E-state index in [-0.39, 0.29) is 0 Å². The van der Waals surface area contributed by atoms with E-state index in [4.69, 9.17) is 0 Å². The fourth-order valence-electron chi connectivity index (χ4n) is 1.76. The quantitative estimate of drug-likeness (QED) is 0.735. The molecule has 1 heterocycles. The van der Waals surface area contributed by atoms with Gasteiger partial charge in [0.05, 0.1) is 0 Å². The monoisotopic (exact) mass is 187 g/mol. The lowest BCUT2D eigenvalue weighted by atomic mass is 10.0. The number of benzene rings is 1. The van der Waals surface area contributed by atoms with E-state index < -0.39 is 0 Å². The topological polar surface area (TPSA) is 15.8 Å². The smallest absolute Gasteiger partial charge is 0.0456 e. The molecule has 2 aromatic rings. The van der Waals surface area contributed by atoms with Crippen LogP contribution in [0.2, 0.25) is 0 Å². The van der Waals surface area contributed by atoms with Gasteiger partial charge in [-0.15, -0.1) is 0 Å². The molecule has 0 aliphatic heterocycles. The predicted molar refractivity (Wildman–Crippen MR) is 61.8 cm³/mol. The number of aromatic amines is 1. The number of hydrogen-bond donors (Lipinski definition) is 1. The average Bonchev–Trinajstić information content (AvgIpc) is 2.58. The van der Waals surface area contributed by atoms with E-state index in [2.05, 4.69) is 50.0 Å². The summed E-state index contributed by atoms with van der Waals surface area (Å²) in [6, 6.07) is 8.93. The maximum atomic E-state index is 3.41. The molecule has 0 aliphatic rings. The molecule has 0 radical (unpaired) electrons. The maximum absolute atomic E-state index is 3.41. The van der Waals surface area contributed by atoms with Crippen molar-refractivity contribution in [3.63, 3.8) is 0 Å². The number of H-pyrrole nitrogens is 1. The third-order valence-electron chi connectivity index (χ3n) is 2.75. The third-order valence-corrected chi connectivity index (χ3v) is 2.75. The van der Waals surface area contributed by atoms with Crippen molar-refractivity contribution < 1.29 is 0 Å². The van der Waals surface area contributed by atoms with Crippen LogP contribution >= 0.6 is 0 Å². The van der Waals surface area contributed by atoms with Crippen LogP contribution < -0.4 is 0 Å². The first-order valence-electron chi connectivity index (χ1n) is 5.32. The van der Waals surface area contributed by atoms with Crippen molar-refractivity contribution in [2.45, 2.75) is 33.1 Å². The van der Waals surface area contributed by atoms with Crippen LogP contribution in [0.4, 0.5) is 0 Å². The van der Waals surface area contributed by atoms with Crippen LogP contribution in [0.25, 0.3) is 10.9 Å². The number of rotatable bonds is 2. The van der Waals surface area contributed by atoms with Gasteiger partial charge in [-0.2, -0.15) is 0 Å². The third kappa shape index (κ3) is 1.54. The van der Waals surface area contributed by atoms with Gasteiger partial charge < -0.3 is 4.98 Å². The Morgan fingerprint density at radius 3 is 2.64 bits per heavy atom. The second-order valence-corrected chi connectivity index (χ2v) is 4.15. The Bertz CT molecular complexity index is 437. The van der Waals surface area contributed by atoms with Crippen LogP contribution in [0, 0.1) is 0 Å². The van der Waals surface area contributed by atoms with Crippen LogP contribution in [-0.2, 0) is 6.42 Å². The molecule has 0 spiro atoms. The number of aryl methyl sites for hydroxylation is 1. The fraction of sp³-hybridized carbons (Fsp3) is 0.385. The predicted octanol–water partition coefficient (Wildman–Crippen LogP) is 3.85. The van der Waals surface area contributed by atoms with Crippen LogP contribution in [0.5, 0.6) is 0 Å². The molecule has 74 valence electrons. The molecule has 1 nitrogen and oxygen atoms in total. The maximum Gasteiger partial charge on any atom is 0.0456 e. The van der Waals surface area contributed by atoms with Gasteiger partial charge in [-0.3, -0.25) is 0 Å². The molecule has 0 fully saturated rings. The summed E-state index contributed by atoms with van der Waals surface area (Å²) in [6.45, 7) is 6.64. The molecule has 0 bridgehead atoms. The molecule has 2 rings (SSSR count). The molecule has 14 heavy (non-hydrogen) atoms. The summed E-state index contributed by atoms with van der Waals surface area (Å²) in [4.78, 5) is 3.41. The first-order valence-corrected chi connectivity index (χ1v) is 5.32. The Hall–Kier alpha value is -1.24. The van der Waals surface area contributed by atoms with Crippen LogP contribution in [0.1, 0.15) is 37.9 Å². The molecule has 1 heteroatoms. The van der Waals surface area contributed by atoms with Crippen LogP contribution in [0.15, 0.2) is 24.3 Å². The van der Waals surface area contributed by atoms with Crippen molar-refractivity contribution in [1.82, 2.24) is 4.98 Å². The van der Waals surface area contributed by atoms with E-state index in [1.54, 1.807) is 0 Å². The Morgan fingerprint density at radius 2 is 2.00 bits per heavy atom. The first kappa shape index (κ1) is 9.32. The minimum Gasteiger partial charge on any atom is -0.358 e. The van der Waals surface area contributed by atoms with Gasteiger partial charge in [0.15, 0.2) is 0 Å². The second kappa shape index (κ2) is 3.49. The Kier molecular flexibility index (Phi) is 2.32. The van der Waals surface area contributed by atoms with Crippen LogP contribution in [0.3, 0.4) is 0 Å². The van der Waals surface area contributed by atoms with Crippen molar-refractivity contribution in [1.29, 1.82) is 0 Å². The summed E-state index contributed by atoms with van der Waals surface area (Å²) in [7, 11) is 0. The molecule has 1 aromatic carbocycles. The lowest BCUT2D eigenvalue weighted by Gasteiger charge is -2.03. The van der Waals surface area contributed by atoms with Crippen molar-refractivity contribution in [2.24, 2.45) is 0 Å². The Balaban J connectivity index is 2.54. The fourth-order valence-corrected chi connectivity index (χ4v) is 1.76. The number of nitrogens with one attached hydrogen (secondary N) is 1. The van der Waals surface area contributed by atoms with Gasteiger partial charge in [0.1, 0.15) is 0 Å². The highest BCUT2D eigenvalue weighted by atomic mass is 14.7. The van der Waals surface area contributed by atoms with Gasteiger partial charge >= 0.3 is 0 Å². The highest BCUT2D eigenvalue weighted by Gasteiger charge is 2.02. The van der Waals surface area contributed by atoms with Gasteiger partial charge in [0.2, 0.25) is 0 Å². The standard InChI is InChI=1S/C13H17N/c1-4-12-8-11-7-10(9(2)3)5-6-13(11)14-12/h5-9,14H,4H2,1-3H3. The molecule has 0 unspecified atom stereocenters. The van der Waals surface area contributed by atoms with E-state index in [1.165, 1.54) is 22.2 Å². The summed E-state index contributed by atoms with van der Waals surface area (Å²) < 4.78 is 0. The summed E-state index contributed by atoms with van der Waals surface area (Å²) in [5, 5.41) is 1.34. The molecule has 0 atom stereocenters. The minimum absolute atomic E-state index is 0.611. The lowest BCUT2D eigenvalue weighted by molar-refractivity contribution is 0.869. The zero-order chi connectivity index (χ0) is 10.1. The highest BCUT2D eigenvalue weighted by Crippen LogP contribution is 2.22. The van der Waals surface area contributed by atoms with E-state index in [0.29, 0.717) is 5.92 Å². The van der Waals surface area contributed by atoms with Gasteiger partial charge in [-0.1, -0.05) is 26.8 Å². The average molecular weight is 187 g/mol. The van der Waals surface area contributed by atoms with Crippen molar-refractivity contribution >= 4 is 10.9 Å². The minimum atomic E-state index is 0.611. The second-order valence-electron chi connectivity index (χ2n) is 4.15. The molecule has 0 saturated heterocycles. The number of hydrogen-bond acceptors (Lipinski definition) is 0. The summed E-state index contributed by atoms with van der Waals surface area (Å²) >= 11 is 0. The number of fused-ring (bicyclic) bond motifs is 1. The van der Waals surface area contributed by atoms with Gasteiger partial charge in [0, 0.05) is 11.2 Å². The molecule has 1 N–H and O–H groups in total. The molecule has 0 saturated carbocycles. The summed E-state index contributed by atoms with van der Waals surface area (Å²) in [5.41, 5.74) is 3.99. The van der Waals surface area contributed by atoms with Crippen molar-refractivity contribution in [3.8, 4) is 0 Å². The zero-order valence-corrected chi connectivity index (χ0v) is 9.09. The summed E-state index contributed by atoms with van der Waals surface area (Å²) in [6.07, 6.45) is 1.08. The van der Waals surface area contributed by atoms with Crippen molar-refractivity contribution in [3.05, 3.63) is 35.5 Å². The molecule has 0 amide bonds. The normalized spacial score (nSPS) is 11.4. The summed E-state index contributed by atoms with van der Waals surface area (Å²) in [5.74, 6) is 0.611. The Labute approximate surface area is 85.1 Å². The van der Waals surface area contributed by atoms with E-state index in [9.17, 15) is 0 Å². The number of aromatic nitrogens is 1. The van der Waals surface area contributed by atoms with E-state index >= 15 is 0 Å². The SMILES string of the molecule is CCc1cc2cc(C(C)C)ccc2[nH]1. The lowest BCUT2D eigenvalue weighted by Crippen LogP contribution is -1.85. The molecule has 1 aromatic heterocycles. The Morgan fingerprint density at radius 1 is 1.21 bits per heavy atom. The highest BCUT2D eigenvalue weighted by molar-refractivity contribution is 5.81. The first-order chi connectivity index (χ1) is 6.70. The van der Waals surface area contributed by atoms with Gasteiger partial charge in [-0.05, 0) is 41.5 Å². The molecule has 0 aliphatic carbocycles. The van der Waals surface area contributed by atoms with Crippen LogP contribution in [-0.4, -0.2) is 4.98 Å². The molecular weight excluding hydrogens is 170 g/mol. The largest absolute Gasteiger partial charge is 0.358 e. The van der Waals surface area contributed by atoms with Crippen molar-refractivity contribution in [2.75, 3.05) is 0 Å². The zero-order valence-electron chi connectivity index (χ0n) is 9.09. The van der Waals surface area contributed by atoms with Gasteiger partial charge in [0.25, 0.3) is 0 Å². The van der Waals surface area contributed by atoms with Gasteiger partial charge in [-0.25, -0.2) is 0 Å².